The Morgan fingerprint density at radius 1 is 0.303 bits per heavy atom. The molecule has 0 saturated carbocycles. The molecule has 5 atom stereocenters. The summed E-state index contributed by atoms with van der Waals surface area (Å²) >= 11 is 0. The van der Waals surface area contributed by atoms with Crippen molar-refractivity contribution in [2.24, 2.45) is 5.92 Å². The fourth-order valence-electron chi connectivity index (χ4n) is 10.6. The van der Waals surface area contributed by atoms with Gasteiger partial charge in [-0.2, -0.15) is 0 Å². The van der Waals surface area contributed by atoms with Crippen molar-refractivity contribution in [2.75, 3.05) is 39.6 Å². The Labute approximate surface area is 543 Å². The molecule has 19 heteroatoms. The maximum absolute atomic E-state index is 13.0. The van der Waals surface area contributed by atoms with E-state index in [-0.39, 0.29) is 25.7 Å². The number of rotatable bonds is 70. The van der Waals surface area contributed by atoms with Crippen LogP contribution < -0.4 is 0 Å². The minimum atomic E-state index is -4.95. The van der Waals surface area contributed by atoms with Gasteiger partial charge in [0.05, 0.1) is 26.4 Å². The molecule has 0 aromatic heterocycles. The molecule has 0 spiro atoms. The summed E-state index contributed by atoms with van der Waals surface area (Å²) in [5.74, 6) is -1.31. The molecule has 0 aliphatic carbocycles. The lowest BCUT2D eigenvalue weighted by molar-refractivity contribution is -0.161. The lowest BCUT2D eigenvalue weighted by atomic mass is 10.0. The summed E-state index contributed by atoms with van der Waals surface area (Å²) in [6.45, 7) is 7.24. The molecule has 0 fully saturated rings. The number of aliphatic hydroxyl groups excluding tert-OH is 1. The number of unbranched alkanes of at least 4 members (excludes halogenated alkanes) is 42. The van der Waals surface area contributed by atoms with Crippen LogP contribution in [0.5, 0.6) is 0 Å². The average molecular weight is 1310 g/mol. The number of carbonyl (C=O) groups excluding carboxylic acids is 4. The number of phosphoric ester groups is 2. The van der Waals surface area contributed by atoms with E-state index < -0.39 is 97.5 Å². The second-order valence-electron chi connectivity index (χ2n) is 25.7. The van der Waals surface area contributed by atoms with Crippen LogP contribution in [0.3, 0.4) is 0 Å². The van der Waals surface area contributed by atoms with Crippen molar-refractivity contribution in [1.82, 2.24) is 0 Å². The molecule has 0 radical (unpaired) electrons. The first-order valence-corrected chi connectivity index (χ1v) is 39.6. The molecule has 17 nitrogen and oxygen atoms in total. The molecule has 528 valence electrons. The maximum Gasteiger partial charge on any atom is 0.472 e. The summed E-state index contributed by atoms with van der Waals surface area (Å²) in [6.07, 6.45) is 49.9. The predicted octanol–water partition coefficient (Wildman–Crippen LogP) is 20.1. The van der Waals surface area contributed by atoms with Gasteiger partial charge in [-0.05, 0) is 31.6 Å². The van der Waals surface area contributed by atoms with Crippen LogP contribution in [0.15, 0.2) is 0 Å². The summed E-state index contributed by atoms with van der Waals surface area (Å²) < 4.78 is 68.2. The minimum Gasteiger partial charge on any atom is -0.462 e. The third kappa shape index (κ3) is 64.6. The molecular formula is C70H136O17P2. The molecule has 0 aliphatic rings. The van der Waals surface area contributed by atoms with Crippen LogP contribution in [0, 0.1) is 5.92 Å². The minimum absolute atomic E-state index is 0.106. The number of carbonyl (C=O) groups is 4. The van der Waals surface area contributed by atoms with Crippen molar-refractivity contribution in [1.29, 1.82) is 0 Å². The van der Waals surface area contributed by atoms with Gasteiger partial charge in [-0.1, -0.05) is 311 Å². The summed E-state index contributed by atoms with van der Waals surface area (Å²) in [5.41, 5.74) is 0. The van der Waals surface area contributed by atoms with Crippen LogP contribution in [-0.4, -0.2) is 96.7 Å². The van der Waals surface area contributed by atoms with Gasteiger partial charge < -0.3 is 33.8 Å². The maximum atomic E-state index is 13.0. The second-order valence-corrected chi connectivity index (χ2v) is 28.7. The number of phosphoric acid groups is 2. The van der Waals surface area contributed by atoms with Gasteiger partial charge in [-0.15, -0.1) is 0 Å². The van der Waals surface area contributed by atoms with E-state index in [9.17, 15) is 43.2 Å². The van der Waals surface area contributed by atoms with E-state index in [1.165, 1.54) is 186 Å². The molecule has 0 aliphatic heterocycles. The standard InChI is InChI=1S/C70H136O17P2/c1-6-9-12-15-18-21-22-30-35-39-44-49-54-68(73)81-60-66(87-70(75)56-51-46-41-36-31-28-26-24-23-25-27-29-34-37-42-47-52-63(4)5)62-85-89(78,79)83-58-64(71)57-82-88(76,77)84-61-65(86-69(74)55-50-45-40-33-20-17-14-11-8-3)59-80-67(72)53-48-43-38-32-19-16-13-10-7-2/h63-66,71H,6-62H2,1-5H3,(H,76,77)(H,78,79)/t64-,65+,66+/m0/s1. The van der Waals surface area contributed by atoms with Crippen LogP contribution in [0.4, 0.5) is 0 Å². The third-order valence-electron chi connectivity index (χ3n) is 16.3. The van der Waals surface area contributed by atoms with Gasteiger partial charge in [-0.3, -0.25) is 37.3 Å². The Kier molecular flexibility index (Phi) is 62.1. The SMILES string of the molecule is CCCCCCCCCCCCCCC(=O)OC[C@H](COP(=O)(O)OC[C@@H](O)COP(=O)(O)OC[C@@H](COC(=O)CCCCCCCCCCC)OC(=O)CCCCCCCCCCC)OC(=O)CCCCCCCCCCCCCCCCCCC(C)C. The van der Waals surface area contributed by atoms with Gasteiger partial charge >= 0.3 is 39.5 Å². The molecule has 0 heterocycles. The molecule has 0 saturated heterocycles. The van der Waals surface area contributed by atoms with Crippen LogP contribution in [0.1, 0.15) is 362 Å². The zero-order chi connectivity index (χ0) is 65.6. The molecule has 2 unspecified atom stereocenters. The van der Waals surface area contributed by atoms with Crippen molar-refractivity contribution in [2.45, 2.75) is 380 Å². The zero-order valence-electron chi connectivity index (χ0n) is 57.6. The van der Waals surface area contributed by atoms with E-state index in [2.05, 4.69) is 34.6 Å². The fourth-order valence-corrected chi connectivity index (χ4v) is 12.2. The Balaban J connectivity index is 5.18. The van der Waals surface area contributed by atoms with Crippen molar-refractivity contribution in [3.8, 4) is 0 Å². The van der Waals surface area contributed by atoms with Gasteiger partial charge in [0, 0.05) is 25.7 Å². The molecule has 0 rings (SSSR count). The highest BCUT2D eigenvalue weighted by atomic mass is 31.2. The van der Waals surface area contributed by atoms with Crippen molar-refractivity contribution < 1.29 is 80.2 Å². The van der Waals surface area contributed by atoms with Crippen molar-refractivity contribution in [3.63, 3.8) is 0 Å². The van der Waals surface area contributed by atoms with E-state index >= 15 is 0 Å². The summed E-state index contributed by atoms with van der Waals surface area (Å²) in [6, 6.07) is 0. The van der Waals surface area contributed by atoms with E-state index in [4.69, 9.17) is 37.0 Å². The zero-order valence-corrected chi connectivity index (χ0v) is 59.4. The molecule has 89 heavy (non-hydrogen) atoms. The van der Waals surface area contributed by atoms with Crippen LogP contribution >= 0.6 is 15.6 Å². The topological polar surface area (TPSA) is 237 Å². The number of hydrogen-bond donors (Lipinski definition) is 3. The normalized spacial score (nSPS) is 14.1. The smallest absolute Gasteiger partial charge is 0.462 e. The number of aliphatic hydroxyl groups is 1. The van der Waals surface area contributed by atoms with E-state index in [0.29, 0.717) is 25.7 Å². The summed E-state index contributed by atoms with van der Waals surface area (Å²) in [7, 11) is -9.89. The van der Waals surface area contributed by atoms with Crippen LogP contribution in [0.2, 0.25) is 0 Å². The van der Waals surface area contributed by atoms with E-state index in [1.54, 1.807) is 0 Å². The molecular weight excluding hydrogens is 1170 g/mol. The lowest BCUT2D eigenvalue weighted by Crippen LogP contribution is -2.30. The number of ether oxygens (including phenoxy) is 4. The Hall–Kier alpha value is -1.94. The Bertz CT molecular complexity index is 1720. The Morgan fingerprint density at radius 3 is 0.764 bits per heavy atom. The first-order valence-electron chi connectivity index (χ1n) is 36.6. The quantitative estimate of drug-likeness (QED) is 0.0222. The van der Waals surface area contributed by atoms with Gasteiger partial charge in [0.25, 0.3) is 0 Å². The van der Waals surface area contributed by atoms with Gasteiger partial charge in [-0.25, -0.2) is 9.13 Å². The average Bonchev–Trinajstić information content (AvgIpc) is 3.58. The first kappa shape index (κ1) is 87.1. The number of esters is 4. The third-order valence-corrected chi connectivity index (χ3v) is 18.2. The highest BCUT2D eigenvalue weighted by Crippen LogP contribution is 2.45. The van der Waals surface area contributed by atoms with E-state index in [0.717, 1.165) is 95.8 Å². The fraction of sp³-hybridized carbons (Fsp3) is 0.943. The monoisotopic (exact) mass is 1310 g/mol. The van der Waals surface area contributed by atoms with E-state index in [1.807, 2.05) is 0 Å². The summed E-state index contributed by atoms with van der Waals surface area (Å²) in [5, 5.41) is 10.6. The molecule has 0 amide bonds. The molecule has 0 bridgehead atoms. The molecule has 0 aromatic carbocycles. The Morgan fingerprint density at radius 2 is 0.517 bits per heavy atom. The largest absolute Gasteiger partial charge is 0.472 e. The van der Waals surface area contributed by atoms with Gasteiger partial charge in [0.1, 0.15) is 19.3 Å². The van der Waals surface area contributed by atoms with Crippen LogP contribution in [0.25, 0.3) is 0 Å². The van der Waals surface area contributed by atoms with Gasteiger partial charge in [0.2, 0.25) is 0 Å². The molecule has 0 aromatic rings. The first-order chi connectivity index (χ1) is 43.0. The van der Waals surface area contributed by atoms with Crippen molar-refractivity contribution in [3.05, 3.63) is 0 Å². The highest BCUT2D eigenvalue weighted by Gasteiger charge is 2.30. The number of hydrogen-bond acceptors (Lipinski definition) is 15. The summed E-state index contributed by atoms with van der Waals surface area (Å²) in [4.78, 5) is 72.4. The highest BCUT2D eigenvalue weighted by molar-refractivity contribution is 7.47. The lowest BCUT2D eigenvalue weighted by Gasteiger charge is -2.21. The second kappa shape index (κ2) is 63.5. The molecule has 3 N–H and O–H groups in total. The van der Waals surface area contributed by atoms with Crippen LogP contribution in [-0.2, 0) is 65.4 Å². The van der Waals surface area contributed by atoms with Crippen molar-refractivity contribution >= 4 is 39.5 Å². The predicted molar refractivity (Wildman–Crippen MR) is 358 cm³/mol. The van der Waals surface area contributed by atoms with Gasteiger partial charge in [0.15, 0.2) is 12.2 Å².